The third-order valence-corrected chi connectivity index (χ3v) is 4.43. The molecule has 0 aliphatic heterocycles. The van der Waals surface area contributed by atoms with Crippen LogP contribution >= 0.6 is 0 Å². The lowest BCUT2D eigenvalue weighted by Gasteiger charge is -2.19. The van der Waals surface area contributed by atoms with Gasteiger partial charge in [-0.3, -0.25) is 9.78 Å². The molecular formula is C16H19N3O3S. The van der Waals surface area contributed by atoms with Gasteiger partial charge in [-0.05, 0) is 24.3 Å². The summed E-state index contributed by atoms with van der Waals surface area (Å²) in [6.07, 6.45) is 2.82. The first-order valence-electron chi connectivity index (χ1n) is 7.15. The Morgan fingerprint density at radius 1 is 1.13 bits per heavy atom. The van der Waals surface area contributed by atoms with Crippen LogP contribution in [0.4, 0.5) is 5.69 Å². The van der Waals surface area contributed by atoms with E-state index in [1.54, 1.807) is 36.5 Å². The second kappa shape index (κ2) is 7.85. The van der Waals surface area contributed by atoms with E-state index in [9.17, 15) is 13.2 Å². The van der Waals surface area contributed by atoms with E-state index in [4.69, 9.17) is 0 Å². The summed E-state index contributed by atoms with van der Waals surface area (Å²) in [5, 5.41) is 2.74. The minimum atomic E-state index is -3.42. The summed E-state index contributed by atoms with van der Waals surface area (Å²) >= 11 is 0. The lowest BCUT2D eigenvalue weighted by atomic mass is 10.3. The zero-order valence-electron chi connectivity index (χ0n) is 12.8. The fourth-order valence-electron chi connectivity index (χ4n) is 2.01. The van der Waals surface area contributed by atoms with Crippen LogP contribution in [-0.2, 0) is 21.4 Å². The number of sulfonamides is 1. The Kier molecular flexibility index (Phi) is 5.84. The molecule has 122 valence electrons. The van der Waals surface area contributed by atoms with Crippen LogP contribution in [0.3, 0.4) is 0 Å². The smallest absolute Gasteiger partial charge is 0.225 e. The predicted octanol–water partition coefficient (Wildman–Crippen LogP) is 1.87. The first-order valence-corrected chi connectivity index (χ1v) is 9.00. The van der Waals surface area contributed by atoms with E-state index in [-0.39, 0.29) is 25.4 Å². The highest BCUT2D eigenvalue weighted by Crippen LogP contribution is 2.09. The van der Waals surface area contributed by atoms with Crippen LogP contribution in [0, 0.1) is 0 Å². The molecule has 0 fully saturated rings. The molecule has 0 aliphatic carbocycles. The number of hydrogen-bond acceptors (Lipinski definition) is 4. The molecule has 1 N–H and O–H groups in total. The van der Waals surface area contributed by atoms with E-state index >= 15 is 0 Å². The number of amides is 1. The summed E-state index contributed by atoms with van der Waals surface area (Å²) in [4.78, 5) is 16.1. The van der Waals surface area contributed by atoms with Gasteiger partial charge in [0.25, 0.3) is 0 Å². The Morgan fingerprint density at radius 3 is 2.43 bits per heavy atom. The zero-order chi connectivity index (χ0) is 16.7. The van der Waals surface area contributed by atoms with Crippen LogP contribution in [-0.4, -0.2) is 36.4 Å². The standard InChI is InChI=1S/C16H19N3O3S/c1-23(21,22)19(13-15-9-5-6-11-17-15)12-10-16(20)18-14-7-3-2-4-8-14/h2-9,11H,10,12-13H2,1H3,(H,18,20). The maximum Gasteiger partial charge on any atom is 0.225 e. The van der Waals surface area contributed by atoms with Crippen molar-refractivity contribution in [1.82, 2.24) is 9.29 Å². The van der Waals surface area contributed by atoms with Crippen molar-refractivity contribution >= 4 is 21.6 Å². The lowest BCUT2D eigenvalue weighted by molar-refractivity contribution is -0.116. The minimum Gasteiger partial charge on any atom is -0.326 e. The van der Waals surface area contributed by atoms with Crippen LogP contribution in [0.1, 0.15) is 12.1 Å². The van der Waals surface area contributed by atoms with E-state index in [0.29, 0.717) is 11.4 Å². The van der Waals surface area contributed by atoms with Crippen LogP contribution in [0.5, 0.6) is 0 Å². The first kappa shape index (κ1) is 17.1. The molecule has 1 heterocycles. The molecule has 0 unspecified atom stereocenters. The average molecular weight is 333 g/mol. The fraction of sp³-hybridized carbons (Fsp3) is 0.250. The number of benzene rings is 1. The number of rotatable bonds is 7. The van der Waals surface area contributed by atoms with Crippen molar-refractivity contribution in [3.8, 4) is 0 Å². The van der Waals surface area contributed by atoms with Gasteiger partial charge in [0.1, 0.15) is 0 Å². The number of anilines is 1. The number of carbonyl (C=O) groups is 1. The van der Waals surface area contributed by atoms with Gasteiger partial charge < -0.3 is 5.32 Å². The second-order valence-corrected chi connectivity index (χ2v) is 7.06. The van der Waals surface area contributed by atoms with Crippen LogP contribution in [0.25, 0.3) is 0 Å². The quantitative estimate of drug-likeness (QED) is 0.839. The van der Waals surface area contributed by atoms with Crippen molar-refractivity contribution in [2.45, 2.75) is 13.0 Å². The Hall–Kier alpha value is -2.25. The molecule has 23 heavy (non-hydrogen) atoms. The number of carbonyl (C=O) groups excluding carboxylic acids is 1. The van der Waals surface area contributed by atoms with Gasteiger partial charge in [-0.15, -0.1) is 0 Å². The van der Waals surface area contributed by atoms with Crippen molar-refractivity contribution in [2.24, 2.45) is 0 Å². The molecule has 0 radical (unpaired) electrons. The highest BCUT2D eigenvalue weighted by atomic mass is 32.2. The molecule has 0 atom stereocenters. The molecule has 0 bridgehead atoms. The molecule has 6 nitrogen and oxygen atoms in total. The summed E-state index contributed by atoms with van der Waals surface area (Å²) in [5.41, 5.74) is 1.33. The molecule has 0 saturated carbocycles. The highest BCUT2D eigenvalue weighted by Gasteiger charge is 2.18. The molecule has 0 saturated heterocycles. The molecule has 2 aromatic rings. The Morgan fingerprint density at radius 2 is 1.83 bits per heavy atom. The van der Waals surface area contributed by atoms with Gasteiger partial charge in [-0.25, -0.2) is 8.42 Å². The highest BCUT2D eigenvalue weighted by molar-refractivity contribution is 7.88. The number of nitrogens with zero attached hydrogens (tertiary/aromatic N) is 2. The third-order valence-electron chi connectivity index (χ3n) is 3.18. The van der Waals surface area contributed by atoms with E-state index in [1.165, 1.54) is 4.31 Å². The van der Waals surface area contributed by atoms with Gasteiger partial charge in [0.15, 0.2) is 0 Å². The Labute approximate surface area is 136 Å². The molecule has 1 amide bonds. The third kappa shape index (κ3) is 5.80. The molecule has 2 rings (SSSR count). The van der Waals surface area contributed by atoms with Gasteiger partial charge in [0.2, 0.25) is 15.9 Å². The Balaban J connectivity index is 1.95. The predicted molar refractivity (Wildman–Crippen MR) is 89.2 cm³/mol. The van der Waals surface area contributed by atoms with Gasteiger partial charge in [0, 0.05) is 24.8 Å². The van der Waals surface area contributed by atoms with Crippen molar-refractivity contribution in [2.75, 3.05) is 18.1 Å². The normalized spacial score (nSPS) is 11.4. The molecule has 0 spiro atoms. The van der Waals surface area contributed by atoms with E-state index in [1.807, 2.05) is 18.2 Å². The van der Waals surface area contributed by atoms with E-state index < -0.39 is 10.0 Å². The number of hydrogen-bond donors (Lipinski definition) is 1. The van der Waals surface area contributed by atoms with E-state index in [2.05, 4.69) is 10.3 Å². The SMILES string of the molecule is CS(=O)(=O)N(CCC(=O)Nc1ccccc1)Cc1ccccn1. The average Bonchev–Trinajstić information content (AvgIpc) is 2.52. The number of aromatic nitrogens is 1. The maximum absolute atomic E-state index is 11.9. The summed E-state index contributed by atoms with van der Waals surface area (Å²) in [6, 6.07) is 14.4. The summed E-state index contributed by atoms with van der Waals surface area (Å²) < 4.78 is 25.0. The van der Waals surface area contributed by atoms with Crippen molar-refractivity contribution in [1.29, 1.82) is 0 Å². The second-order valence-electron chi connectivity index (χ2n) is 5.08. The molecule has 7 heteroatoms. The van der Waals surface area contributed by atoms with Crippen LogP contribution in [0.15, 0.2) is 54.7 Å². The number of pyridine rings is 1. The zero-order valence-corrected chi connectivity index (χ0v) is 13.7. The fourth-order valence-corrected chi connectivity index (χ4v) is 2.80. The monoisotopic (exact) mass is 333 g/mol. The number of para-hydroxylation sites is 1. The van der Waals surface area contributed by atoms with Crippen LogP contribution < -0.4 is 5.32 Å². The maximum atomic E-state index is 11.9. The van der Waals surface area contributed by atoms with Crippen LogP contribution in [0.2, 0.25) is 0 Å². The van der Waals surface area contributed by atoms with Gasteiger partial charge >= 0.3 is 0 Å². The largest absolute Gasteiger partial charge is 0.326 e. The van der Waals surface area contributed by atoms with Crippen molar-refractivity contribution in [3.63, 3.8) is 0 Å². The van der Waals surface area contributed by atoms with Gasteiger partial charge in [0.05, 0.1) is 18.5 Å². The first-order chi connectivity index (χ1) is 10.9. The molecule has 0 aliphatic rings. The topological polar surface area (TPSA) is 79.4 Å². The summed E-state index contributed by atoms with van der Waals surface area (Å²) in [5.74, 6) is -0.231. The van der Waals surface area contributed by atoms with Crippen molar-refractivity contribution < 1.29 is 13.2 Å². The summed E-state index contributed by atoms with van der Waals surface area (Å²) in [7, 11) is -3.42. The van der Waals surface area contributed by atoms with Crippen molar-refractivity contribution in [3.05, 3.63) is 60.4 Å². The molecule has 1 aromatic carbocycles. The van der Waals surface area contributed by atoms with Gasteiger partial charge in [-0.1, -0.05) is 24.3 Å². The molecular weight excluding hydrogens is 314 g/mol. The Bertz CT molecular complexity index is 734. The lowest BCUT2D eigenvalue weighted by Crippen LogP contribution is -2.32. The van der Waals surface area contributed by atoms with E-state index in [0.717, 1.165) is 6.26 Å². The van der Waals surface area contributed by atoms with Gasteiger partial charge in [-0.2, -0.15) is 4.31 Å². The molecule has 1 aromatic heterocycles. The summed E-state index contributed by atoms with van der Waals surface area (Å²) in [6.45, 7) is 0.256. The minimum absolute atomic E-state index is 0.0782. The number of nitrogens with one attached hydrogen (secondary N) is 1.